The molecule has 2 aliphatic carbocycles. The van der Waals surface area contributed by atoms with Crippen molar-refractivity contribution in [2.45, 2.75) is 51.9 Å². The van der Waals surface area contributed by atoms with Crippen LogP contribution in [0, 0.1) is 6.92 Å². The maximum absolute atomic E-state index is 4.88. The Labute approximate surface area is 85.6 Å². The number of aryl methyl sites for hydroxylation is 1. The van der Waals surface area contributed by atoms with E-state index in [0.29, 0.717) is 5.92 Å². The van der Waals surface area contributed by atoms with Gasteiger partial charge in [-0.05, 0) is 61.6 Å². The molecule has 0 aromatic carbocycles. The molecule has 1 atom stereocenters. The van der Waals surface area contributed by atoms with Crippen LogP contribution in [0.3, 0.4) is 0 Å². The van der Waals surface area contributed by atoms with E-state index in [-0.39, 0.29) is 0 Å². The van der Waals surface area contributed by atoms with Crippen molar-refractivity contribution in [3.8, 4) is 0 Å². The zero-order chi connectivity index (χ0) is 9.71. The van der Waals surface area contributed by atoms with Gasteiger partial charge in [0.1, 0.15) is 0 Å². The fourth-order valence-corrected chi connectivity index (χ4v) is 3.06. The summed E-state index contributed by atoms with van der Waals surface area (Å²) >= 11 is 0. The van der Waals surface area contributed by atoms with Crippen LogP contribution in [0.15, 0.2) is 0 Å². The Hall–Kier alpha value is -0.850. The maximum Gasteiger partial charge on any atom is 0.0469 e. The van der Waals surface area contributed by atoms with Crippen LogP contribution in [0.25, 0.3) is 0 Å². The molecule has 74 valence electrons. The molecule has 1 aromatic heterocycles. The van der Waals surface area contributed by atoms with Gasteiger partial charge >= 0.3 is 0 Å². The summed E-state index contributed by atoms with van der Waals surface area (Å²) in [6, 6.07) is 0. The van der Waals surface area contributed by atoms with Crippen LogP contribution < -0.4 is 0 Å². The Bertz CT molecular complexity index is 393. The highest BCUT2D eigenvalue weighted by Crippen LogP contribution is 2.37. The van der Waals surface area contributed by atoms with Gasteiger partial charge in [-0.25, -0.2) is 0 Å². The summed E-state index contributed by atoms with van der Waals surface area (Å²) in [7, 11) is 0. The highest BCUT2D eigenvalue weighted by Gasteiger charge is 2.26. The quantitative estimate of drug-likeness (QED) is 0.608. The predicted octanol–water partition coefficient (Wildman–Crippen LogP) is 2.93. The van der Waals surface area contributed by atoms with Gasteiger partial charge in [-0.2, -0.15) is 0 Å². The van der Waals surface area contributed by atoms with Crippen LogP contribution in [0.2, 0.25) is 0 Å². The number of hydrogen-bond acceptors (Lipinski definition) is 1. The second kappa shape index (κ2) is 2.82. The van der Waals surface area contributed by atoms with E-state index in [1.54, 1.807) is 16.7 Å². The molecule has 1 heteroatoms. The monoisotopic (exact) mass is 187 g/mol. The highest BCUT2D eigenvalue weighted by atomic mass is 14.8. The molecule has 2 aliphatic rings. The molecule has 1 nitrogen and oxygen atoms in total. The van der Waals surface area contributed by atoms with E-state index >= 15 is 0 Å². The van der Waals surface area contributed by atoms with Crippen molar-refractivity contribution in [2.24, 2.45) is 0 Å². The number of fused-ring (bicyclic) bond motifs is 2. The molecule has 0 unspecified atom stereocenters. The largest absolute Gasteiger partial charge is 0.257 e. The van der Waals surface area contributed by atoms with Crippen LogP contribution in [0.1, 0.15) is 53.8 Å². The van der Waals surface area contributed by atoms with Gasteiger partial charge in [-0.3, -0.25) is 4.98 Å². The average Bonchev–Trinajstić information content (AvgIpc) is 2.75. The summed E-state index contributed by atoms with van der Waals surface area (Å²) in [5.41, 5.74) is 7.57. The highest BCUT2D eigenvalue weighted by molar-refractivity contribution is 5.45. The molecule has 0 amide bonds. The maximum atomic E-state index is 4.88. The zero-order valence-corrected chi connectivity index (χ0v) is 9.06. The van der Waals surface area contributed by atoms with Crippen LogP contribution in [-0.4, -0.2) is 4.98 Å². The van der Waals surface area contributed by atoms with E-state index in [0.717, 1.165) is 0 Å². The van der Waals surface area contributed by atoms with Crippen LogP contribution in [0.4, 0.5) is 0 Å². The van der Waals surface area contributed by atoms with Crippen LogP contribution in [-0.2, 0) is 19.3 Å². The third-order valence-electron chi connectivity index (χ3n) is 3.95. The summed E-state index contributed by atoms with van der Waals surface area (Å²) in [5.74, 6) is 0.703. The van der Waals surface area contributed by atoms with Gasteiger partial charge in [0.15, 0.2) is 0 Å². The number of nitrogens with zero attached hydrogens (tertiary/aromatic N) is 1. The first-order valence-electron chi connectivity index (χ1n) is 5.78. The molecule has 0 N–H and O–H groups in total. The van der Waals surface area contributed by atoms with E-state index in [1.807, 2.05) is 0 Å². The Morgan fingerprint density at radius 1 is 1.14 bits per heavy atom. The van der Waals surface area contributed by atoms with E-state index in [4.69, 9.17) is 4.98 Å². The molecule has 0 bridgehead atoms. The van der Waals surface area contributed by atoms with Gasteiger partial charge in [-0.15, -0.1) is 0 Å². The van der Waals surface area contributed by atoms with Crippen molar-refractivity contribution in [1.29, 1.82) is 0 Å². The second-order valence-corrected chi connectivity index (χ2v) is 4.82. The predicted molar refractivity (Wildman–Crippen MR) is 57.7 cm³/mol. The van der Waals surface area contributed by atoms with Crippen molar-refractivity contribution in [1.82, 2.24) is 4.98 Å². The van der Waals surface area contributed by atoms with Crippen molar-refractivity contribution in [3.63, 3.8) is 0 Å². The number of hydrogen-bond donors (Lipinski definition) is 0. The Balaban J connectivity index is 2.24. The lowest BCUT2D eigenvalue weighted by molar-refractivity contribution is 0.726. The van der Waals surface area contributed by atoms with E-state index < -0.39 is 0 Å². The molecular formula is C13H17N. The Morgan fingerprint density at radius 2 is 2.00 bits per heavy atom. The third kappa shape index (κ3) is 0.985. The number of rotatable bonds is 0. The number of pyridine rings is 1. The fraction of sp³-hybridized carbons (Fsp3) is 0.615. The van der Waals surface area contributed by atoms with Crippen molar-refractivity contribution in [3.05, 3.63) is 28.1 Å². The van der Waals surface area contributed by atoms with Gasteiger partial charge in [0.05, 0.1) is 0 Å². The standard InChI is InChI=1S/C13H17N/c1-8-6-7-11-9(2)10-4-3-5-12(10)14-13(8)11/h8H,3-7H2,1-2H3/t8-/m1/s1. The van der Waals surface area contributed by atoms with Gasteiger partial charge < -0.3 is 0 Å². The normalized spacial score (nSPS) is 23.7. The third-order valence-corrected chi connectivity index (χ3v) is 3.95. The summed E-state index contributed by atoms with van der Waals surface area (Å²) in [4.78, 5) is 4.88. The first-order chi connectivity index (χ1) is 6.77. The topological polar surface area (TPSA) is 12.9 Å². The second-order valence-electron chi connectivity index (χ2n) is 4.82. The Kier molecular flexibility index (Phi) is 1.70. The molecule has 0 fully saturated rings. The molecule has 0 saturated carbocycles. The minimum Gasteiger partial charge on any atom is -0.257 e. The lowest BCUT2D eigenvalue weighted by Crippen LogP contribution is -2.01. The molecule has 3 rings (SSSR count). The molecular weight excluding hydrogens is 170 g/mol. The van der Waals surface area contributed by atoms with Crippen molar-refractivity contribution < 1.29 is 0 Å². The lowest BCUT2D eigenvalue weighted by atomic mass is 10.0. The first kappa shape index (κ1) is 8.46. The van der Waals surface area contributed by atoms with Crippen molar-refractivity contribution >= 4 is 0 Å². The molecule has 0 aliphatic heterocycles. The summed E-state index contributed by atoms with van der Waals surface area (Å²) in [5, 5.41) is 0. The van der Waals surface area contributed by atoms with Crippen molar-refractivity contribution in [2.75, 3.05) is 0 Å². The molecule has 0 spiro atoms. The van der Waals surface area contributed by atoms with Crippen LogP contribution >= 0.6 is 0 Å². The van der Waals surface area contributed by atoms with Gasteiger partial charge in [-0.1, -0.05) is 6.92 Å². The van der Waals surface area contributed by atoms with E-state index in [9.17, 15) is 0 Å². The smallest absolute Gasteiger partial charge is 0.0469 e. The summed E-state index contributed by atoms with van der Waals surface area (Å²) < 4.78 is 0. The minimum absolute atomic E-state index is 0.703. The SMILES string of the molecule is Cc1c2c(nc3c1CC[C@H]3C)CCC2. The molecule has 1 aromatic rings. The van der Waals surface area contributed by atoms with Gasteiger partial charge in [0.2, 0.25) is 0 Å². The first-order valence-corrected chi connectivity index (χ1v) is 5.78. The molecule has 14 heavy (non-hydrogen) atoms. The van der Waals surface area contributed by atoms with E-state index in [2.05, 4.69) is 13.8 Å². The fourth-order valence-electron chi connectivity index (χ4n) is 3.06. The molecule has 0 radical (unpaired) electrons. The minimum atomic E-state index is 0.703. The molecule has 0 saturated heterocycles. The summed E-state index contributed by atoms with van der Waals surface area (Å²) in [6.07, 6.45) is 6.39. The lowest BCUT2D eigenvalue weighted by Gasteiger charge is -2.11. The van der Waals surface area contributed by atoms with Gasteiger partial charge in [0, 0.05) is 11.4 Å². The van der Waals surface area contributed by atoms with Crippen LogP contribution in [0.5, 0.6) is 0 Å². The average molecular weight is 187 g/mol. The Morgan fingerprint density at radius 3 is 2.86 bits per heavy atom. The zero-order valence-electron chi connectivity index (χ0n) is 9.06. The molecule has 1 heterocycles. The number of aromatic nitrogens is 1. The van der Waals surface area contributed by atoms with Gasteiger partial charge in [0.25, 0.3) is 0 Å². The van der Waals surface area contributed by atoms with E-state index in [1.165, 1.54) is 43.5 Å². The summed E-state index contributed by atoms with van der Waals surface area (Å²) in [6.45, 7) is 4.63.